The lowest BCUT2D eigenvalue weighted by atomic mass is 9.93. The van der Waals surface area contributed by atoms with Gasteiger partial charge in [-0.25, -0.2) is 0 Å². The maximum atomic E-state index is 11.5. The van der Waals surface area contributed by atoms with Crippen LogP contribution in [0, 0.1) is 39.5 Å². The van der Waals surface area contributed by atoms with E-state index >= 15 is 0 Å². The van der Waals surface area contributed by atoms with Gasteiger partial charge in [-0.1, -0.05) is 84.8 Å². The van der Waals surface area contributed by atoms with E-state index in [1.165, 1.54) is 14.2 Å². The summed E-state index contributed by atoms with van der Waals surface area (Å²) >= 11 is 2.34. The van der Waals surface area contributed by atoms with Gasteiger partial charge >= 0.3 is 23.9 Å². The van der Waals surface area contributed by atoms with Crippen LogP contribution in [0.5, 0.6) is 0 Å². The fourth-order valence-electron chi connectivity index (χ4n) is 4.00. The Morgan fingerprint density at radius 1 is 0.635 bits per heavy atom. The maximum Gasteiger partial charge on any atom is 0.316 e. The largest absolute Gasteiger partial charge is 0.481 e. The molecule has 17 heteroatoms. The summed E-state index contributed by atoms with van der Waals surface area (Å²) in [6.45, 7) is 19.0. The number of rotatable bonds is 10. The van der Waals surface area contributed by atoms with Crippen LogP contribution in [0.15, 0.2) is 42.4 Å². The summed E-state index contributed by atoms with van der Waals surface area (Å²) in [7, 11) is 2.71. The number of methoxy groups -OCH3 is 2. The van der Waals surface area contributed by atoms with Gasteiger partial charge in [-0.3, -0.25) is 19.2 Å². The molecule has 4 rings (SSSR count). The standard InChI is InChI=1S/C10H15NO3.C9H13NO3.C7H9NO3.C6H7NO3.C3H7I/c1-6(2)9(10(12)13-4)8-5-7(3)11-14-8;1-5(2)8(9(11)12)7-4-6(3)10-13-7;1-5-3-6(11-8-5)4-7(9)10-2;1-4-2-5(10-7-4)3-6(8)9;1-3(2)4/h5-6,9H,1-4H3;4-5,8H,1-3H3,(H,11,12);3H,4H2,1-2H3;2H,3H2,1H3,(H,8,9);3H,1-2H3. The van der Waals surface area contributed by atoms with Crippen LogP contribution in [-0.2, 0) is 41.5 Å². The van der Waals surface area contributed by atoms with Gasteiger partial charge in [0.25, 0.3) is 0 Å². The molecule has 0 radical (unpaired) electrons. The third-order valence-electron chi connectivity index (χ3n) is 6.19. The van der Waals surface area contributed by atoms with E-state index in [-0.39, 0.29) is 42.5 Å². The van der Waals surface area contributed by atoms with Crippen LogP contribution in [0.2, 0.25) is 0 Å². The zero-order chi connectivity index (χ0) is 40.1. The molecular formula is C35H51IN4O12. The highest BCUT2D eigenvalue weighted by atomic mass is 127. The van der Waals surface area contributed by atoms with E-state index in [1.807, 2.05) is 34.6 Å². The molecule has 2 unspecified atom stereocenters. The monoisotopic (exact) mass is 846 g/mol. The van der Waals surface area contributed by atoms with Gasteiger partial charge in [0.05, 0.1) is 37.0 Å². The smallest absolute Gasteiger partial charge is 0.316 e. The number of carbonyl (C=O) groups is 4. The molecule has 0 aliphatic heterocycles. The third kappa shape index (κ3) is 19.7. The van der Waals surface area contributed by atoms with Crippen molar-refractivity contribution < 1.29 is 57.0 Å². The van der Waals surface area contributed by atoms with Gasteiger partial charge < -0.3 is 37.8 Å². The Morgan fingerprint density at radius 2 is 1.00 bits per heavy atom. The number of halogens is 1. The molecule has 4 heterocycles. The van der Waals surface area contributed by atoms with Crippen LogP contribution < -0.4 is 0 Å². The van der Waals surface area contributed by atoms with Crippen molar-refractivity contribution in [1.29, 1.82) is 0 Å². The Morgan fingerprint density at radius 3 is 1.27 bits per heavy atom. The van der Waals surface area contributed by atoms with Crippen LogP contribution >= 0.6 is 22.6 Å². The summed E-state index contributed by atoms with van der Waals surface area (Å²) in [6, 6.07) is 6.74. The quantitative estimate of drug-likeness (QED) is 0.0945. The van der Waals surface area contributed by atoms with Crippen molar-refractivity contribution >= 4 is 46.5 Å². The zero-order valence-electron chi connectivity index (χ0n) is 31.8. The Hall–Kier alpha value is -4.55. The lowest BCUT2D eigenvalue weighted by Gasteiger charge is -2.14. The number of hydrogen-bond acceptors (Lipinski definition) is 14. The Balaban J connectivity index is 0.000000648. The van der Waals surface area contributed by atoms with Gasteiger partial charge in [0, 0.05) is 28.2 Å². The molecule has 4 aromatic heterocycles. The van der Waals surface area contributed by atoms with Crippen LogP contribution in [0.1, 0.15) is 99.2 Å². The van der Waals surface area contributed by atoms with E-state index < -0.39 is 17.9 Å². The van der Waals surface area contributed by atoms with Crippen LogP contribution in [0.4, 0.5) is 0 Å². The molecule has 0 spiro atoms. The molecule has 16 nitrogen and oxygen atoms in total. The highest BCUT2D eigenvalue weighted by Gasteiger charge is 2.29. The number of carboxylic acid groups (broad SMARTS) is 2. The first-order valence-corrected chi connectivity index (χ1v) is 17.4. The first-order valence-electron chi connectivity index (χ1n) is 16.2. The highest BCUT2D eigenvalue weighted by molar-refractivity contribution is 14.1. The number of nitrogens with zero attached hydrogens (tertiary/aromatic N) is 4. The molecule has 0 saturated heterocycles. The maximum absolute atomic E-state index is 11.5. The van der Waals surface area contributed by atoms with Gasteiger partial charge in [-0.05, 0) is 39.5 Å². The third-order valence-corrected chi connectivity index (χ3v) is 6.19. The van der Waals surface area contributed by atoms with Crippen molar-refractivity contribution in [3.05, 3.63) is 70.1 Å². The molecule has 0 saturated carbocycles. The normalized spacial score (nSPS) is 11.4. The second kappa shape index (κ2) is 24.6. The first-order chi connectivity index (χ1) is 24.2. The Bertz CT molecular complexity index is 1630. The SMILES string of the molecule is CC(C)I.COC(=O)C(c1cc(C)no1)C(C)C.COC(=O)Cc1cc(C)no1.Cc1cc(C(C(=O)O)C(C)C)on1.Cc1cc(CC(=O)O)on1. The van der Waals surface area contributed by atoms with Gasteiger partial charge in [-0.15, -0.1) is 0 Å². The number of carboxylic acids is 2. The van der Waals surface area contributed by atoms with E-state index in [0.29, 0.717) is 34.4 Å². The number of aliphatic carboxylic acids is 2. The average Bonchev–Trinajstić information content (AvgIpc) is 3.83. The number of hydrogen-bond donors (Lipinski definition) is 2. The molecule has 4 aromatic rings. The molecule has 0 aromatic carbocycles. The molecule has 290 valence electrons. The van der Waals surface area contributed by atoms with Crippen molar-refractivity contribution in [1.82, 2.24) is 20.6 Å². The van der Waals surface area contributed by atoms with E-state index in [9.17, 15) is 19.2 Å². The molecule has 0 bridgehead atoms. The average molecular weight is 847 g/mol. The molecule has 0 aliphatic rings. The summed E-state index contributed by atoms with van der Waals surface area (Å²) in [5.41, 5.74) is 2.96. The Kier molecular flexibility index (Phi) is 22.5. The molecule has 0 aliphatic carbocycles. The number of aromatic nitrogens is 4. The number of alkyl halides is 1. The summed E-state index contributed by atoms with van der Waals surface area (Å²) in [5, 5.41) is 31.8. The van der Waals surface area contributed by atoms with Crippen LogP contribution in [-0.4, -0.2) is 72.9 Å². The Labute approximate surface area is 317 Å². The molecule has 2 N–H and O–H groups in total. The van der Waals surface area contributed by atoms with E-state index in [0.717, 1.165) is 15.3 Å². The summed E-state index contributed by atoms with van der Waals surface area (Å²) in [6.07, 6.45) is 0.0537. The molecular weight excluding hydrogens is 795 g/mol. The minimum Gasteiger partial charge on any atom is -0.481 e. The van der Waals surface area contributed by atoms with Gasteiger partial charge in [0.2, 0.25) is 0 Å². The van der Waals surface area contributed by atoms with Gasteiger partial charge in [-0.2, -0.15) is 0 Å². The van der Waals surface area contributed by atoms with Crippen LogP contribution in [0.3, 0.4) is 0 Å². The van der Waals surface area contributed by atoms with Crippen molar-refractivity contribution in [2.45, 2.75) is 97.8 Å². The molecule has 0 fully saturated rings. The zero-order valence-corrected chi connectivity index (χ0v) is 33.9. The molecule has 0 amide bonds. The van der Waals surface area contributed by atoms with Crippen LogP contribution in [0.25, 0.3) is 0 Å². The van der Waals surface area contributed by atoms with E-state index in [2.05, 4.69) is 66.3 Å². The predicted molar refractivity (Wildman–Crippen MR) is 196 cm³/mol. The fraction of sp³-hybridized carbons (Fsp3) is 0.543. The second-order valence-corrected chi connectivity index (χ2v) is 14.7. The van der Waals surface area contributed by atoms with Gasteiger partial charge in [0.1, 0.15) is 36.2 Å². The van der Waals surface area contributed by atoms with Crippen molar-refractivity contribution in [3.63, 3.8) is 0 Å². The fourth-order valence-corrected chi connectivity index (χ4v) is 4.00. The minimum absolute atomic E-state index is 0.00449. The number of esters is 2. The molecule has 2 atom stereocenters. The van der Waals surface area contributed by atoms with Crippen molar-refractivity contribution in [2.24, 2.45) is 11.8 Å². The predicted octanol–water partition coefficient (Wildman–Crippen LogP) is 6.84. The first kappa shape index (κ1) is 47.4. The lowest BCUT2D eigenvalue weighted by Crippen LogP contribution is -2.18. The van der Waals surface area contributed by atoms with Crippen molar-refractivity contribution in [3.8, 4) is 0 Å². The lowest BCUT2D eigenvalue weighted by molar-refractivity contribution is -0.144. The highest BCUT2D eigenvalue weighted by Crippen LogP contribution is 2.26. The van der Waals surface area contributed by atoms with Crippen molar-refractivity contribution in [2.75, 3.05) is 14.2 Å². The minimum atomic E-state index is -0.906. The summed E-state index contributed by atoms with van der Waals surface area (Å²) in [5.74, 6) is -1.26. The van der Waals surface area contributed by atoms with E-state index in [1.54, 1.807) is 45.0 Å². The number of carbonyl (C=O) groups excluding carboxylic acids is 2. The van der Waals surface area contributed by atoms with E-state index in [4.69, 9.17) is 28.5 Å². The number of aryl methyl sites for hydroxylation is 4. The van der Waals surface area contributed by atoms with Gasteiger partial charge in [0.15, 0.2) is 11.5 Å². The second-order valence-electron chi connectivity index (χ2n) is 12.3. The molecule has 52 heavy (non-hydrogen) atoms. The summed E-state index contributed by atoms with van der Waals surface area (Å²) in [4.78, 5) is 43.1. The summed E-state index contributed by atoms with van der Waals surface area (Å²) < 4.78 is 29.4. The number of ether oxygens (including phenoxy) is 2. The topological polar surface area (TPSA) is 231 Å².